The third kappa shape index (κ3) is 2.90. The molecule has 144 valence electrons. The summed E-state index contributed by atoms with van der Waals surface area (Å²) in [5.74, 6) is 0.527. The van der Waals surface area contributed by atoms with Crippen LogP contribution in [0.4, 0.5) is 0 Å². The molecule has 1 aliphatic carbocycles. The molecule has 1 N–H and O–H groups in total. The van der Waals surface area contributed by atoms with Crippen LogP contribution >= 0.6 is 0 Å². The molecule has 1 saturated carbocycles. The molecule has 2 heterocycles. The number of nitrogens with one attached hydrogen (secondary N) is 1. The fraction of sp³-hybridized carbons (Fsp3) is 0.550. The molecular formula is C20H25N3O4. The van der Waals surface area contributed by atoms with Crippen molar-refractivity contribution in [2.45, 2.75) is 26.9 Å². The third-order valence-electron chi connectivity index (χ3n) is 6.10. The number of fused-ring (bicyclic) bond motifs is 2. The number of imidazole rings is 1. The summed E-state index contributed by atoms with van der Waals surface area (Å²) in [5, 5.41) is 0. The predicted molar refractivity (Wildman–Crippen MR) is 98.7 cm³/mol. The zero-order valence-corrected chi connectivity index (χ0v) is 15.9. The zero-order chi connectivity index (χ0) is 19.2. The fourth-order valence-corrected chi connectivity index (χ4v) is 4.96. The molecule has 1 aliphatic heterocycles. The number of para-hydroxylation sites is 2. The third-order valence-corrected chi connectivity index (χ3v) is 6.10. The van der Waals surface area contributed by atoms with Crippen molar-refractivity contribution in [2.24, 2.45) is 16.7 Å². The Morgan fingerprint density at radius 3 is 2.81 bits per heavy atom. The number of nitrogens with zero attached hydrogens (tertiary/aromatic N) is 2. The lowest BCUT2D eigenvalue weighted by molar-refractivity contribution is -0.174. The van der Waals surface area contributed by atoms with E-state index in [0.29, 0.717) is 18.9 Å². The Morgan fingerprint density at radius 2 is 2.11 bits per heavy atom. The average Bonchev–Trinajstić information content (AvgIpc) is 3.20. The number of esters is 1. The molecule has 2 aromatic rings. The molecule has 7 heteroatoms. The standard InChI is InChI=1S/C20H25N3O4/c1-19(2)11-20(18(25)26-3)12-23(8-15(19)20)17(24)10-27-9-16-21-13-6-4-5-7-14(13)22-16/h4-7,15H,8-12H2,1-3H3,(H,21,22)/t15-,20+/m1/s1. The fourth-order valence-electron chi connectivity index (χ4n) is 4.96. The molecule has 2 aliphatic rings. The monoisotopic (exact) mass is 371 g/mol. The van der Waals surface area contributed by atoms with Crippen LogP contribution in [0.25, 0.3) is 11.0 Å². The number of carbonyl (C=O) groups is 2. The summed E-state index contributed by atoms with van der Waals surface area (Å²) in [6.45, 7) is 5.50. The van der Waals surface area contributed by atoms with E-state index >= 15 is 0 Å². The Labute approximate surface area is 158 Å². The van der Waals surface area contributed by atoms with Gasteiger partial charge in [0.15, 0.2) is 0 Å². The Kier molecular flexibility index (Phi) is 4.22. The van der Waals surface area contributed by atoms with Crippen molar-refractivity contribution in [2.75, 3.05) is 26.8 Å². The number of rotatable bonds is 5. The van der Waals surface area contributed by atoms with Gasteiger partial charge in [0, 0.05) is 13.1 Å². The van der Waals surface area contributed by atoms with Crippen molar-refractivity contribution < 1.29 is 19.1 Å². The second kappa shape index (κ2) is 6.34. The summed E-state index contributed by atoms with van der Waals surface area (Å²) in [6, 6.07) is 7.74. The van der Waals surface area contributed by atoms with Gasteiger partial charge >= 0.3 is 5.97 Å². The number of carbonyl (C=O) groups excluding carboxylic acids is 2. The Hall–Kier alpha value is -2.41. The first kappa shape index (κ1) is 18.0. The van der Waals surface area contributed by atoms with E-state index in [-0.39, 0.29) is 36.4 Å². The van der Waals surface area contributed by atoms with Gasteiger partial charge in [-0.3, -0.25) is 9.59 Å². The number of hydrogen-bond donors (Lipinski definition) is 1. The van der Waals surface area contributed by atoms with E-state index in [0.717, 1.165) is 17.5 Å². The maximum atomic E-state index is 12.6. The van der Waals surface area contributed by atoms with Gasteiger partial charge in [-0.2, -0.15) is 0 Å². The topological polar surface area (TPSA) is 84.5 Å². The van der Waals surface area contributed by atoms with E-state index < -0.39 is 5.41 Å². The highest BCUT2D eigenvalue weighted by Gasteiger charge is 2.67. The molecule has 0 radical (unpaired) electrons. The molecule has 1 saturated heterocycles. The average molecular weight is 371 g/mol. The number of likely N-dealkylation sites (tertiary alicyclic amines) is 1. The minimum absolute atomic E-state index is 0.0263. The minimum Gasteiger partial charge on any atom is -0.469 e. The van der Waals surface area contributed by atoms with Crippen LogP contribution in [-0.4, -0.2) is 53.6 Å². The van der Waals surface area contributed by atoms with Gasteiger partial charge in [0.2, 0.25) is 5.91 Å². The number of hydrogen-bond acceptors (Lipinski definition) is 5. The number of ether oxygens (including phenoxy) is 2. The quantitative estimate of drug-likeness (QED) is 0.814. The first-order chi connectivity index (χ1) is 12.9. The normalized spacial score (nSPS) is 25.9. The van der Waals surface area contributed by atoms with Crippen molar-refractivity contribution in [3.05, 3.63) is 30.1 Å². The highest BCUT2D eigenvalue weighted by atomic mass is 16.5. The molecule has 0 spiro atoms. The van der Waals surface area contributed by atoms with E-state index in [2.05, 4.69) is 23.8 Å². The second-order valence-electron chi connectivity index (χ2n) is 8.33. The summed E-state index contributed by atoms with van der Waals surface area (Å²) < 4.78 is 10.6. The van der Waals surface area contributed by atoms with Crippen molar-refractivity contribution in [3.63, 3.8) is 0 Å². The molecule has 7 nitrogen and oxygen atoms in total. The number of amides is 1. The molecular weight excluding hydrogens is 346 g/mol. The van der Waals surface area contributed by atoms with Crippen LogP contribution in [0, 0.1) is 16.7 Å². The zero-order valence-electron chi connectivity index (χ0n) is 15.9. The molecule has 0 bridgehead atoms. The number of aromatic nitrogens is 2. The number of H-pyrrole nitrogens is 1. The van der Waals surface area contributed by atoms with Crippen LogP contribution in [0.15, 0.2) is 24.3 Å². The van der Waals surface area contributed by atoms with E-state index in [1.165, 1.54) is 7.11 Å². The summed E-state index contributed by atoms with van der Waals surface area (Å²) >= 11 is 0. The van der Waals surface area contributed by atoms with Crippen LogP contribution in [0.5, 0.6) is 0 Å². The van der Waals surface area contributed by atoms with Crippen LogP contribution in [0.2, 0.25) is 0 Å². The second-order valence-corrected chi connectivity index (χ2v) is 8.33. The first-order valence-corrected chi connectivity index (χ1v) is 9.23. The summed E-state index contributed by atoms with van der Waals surface area (Å²) in [4.78, 5) is 34.3. The van der Waals surface area contributed by atoms with E-state index in [1.807, 2.05) is 24.3 Å². The minimum atomic E-state index is -0.549. The van der Waals surface area contributed by atoms with Gasteiger partial charge < -0.3 is 19.4 Å². The van der Waals surface area contributed by atoms with Crippen LogP contribution in [0.1, 0.15) is 26.1 Å². The Morgan fingerprint density at radius 1 is 1.33 bits per heavy atom. The first-order valence-electron chi connectivity index (χ1n) is 9.23. The van der Waals surface area contributed by atoms with Gasteiger partial charge in [0.05, 0.1) is 23.6 Å². The number of aromatic amines is 1. The van der Waals surface area contributed by atoms with Gasteiger partial charge in [0.1, 0.15) is 19.0 Å². The maximum Gasteiger partial charge on any atom is 0.314 e. The number of benzene rings is 1. The maximum absolute atomic E-state index is 12.6. The SMILES string of the molecule is COC(=O)[C@@]12CN(C(=O)COCc3nc4ccccc4[nH]3)C[C@@H]1C(C)(C)C2. The lowest BCUT2D eigenvalue weighted by atomic mass is 9.48. The smallest absolute Gasteiger partial charge is 0.314 e. The lowest BCUT2D eigenvalue weighted by Crippen LogP contribution is -2.57. The highest BCUT2D eigenvalue weighted by Crippen LogP contribution is 2.63. The largest absolute Gasteiger partial charge is 0.469 e. The van der Waals surface area contributed by atoms with Crippen molar-refractivity contribution in [3.8, 4) is 0 Å². The van der Waals surface area contributed by atoms with E-state index in [1.54, 1.807) is 4.90 Å². The molecule has 4 rings (SSSR count). The van der Waals surface area contributed by atoms with Gasteiger partial charge in [0.25, 0.3) is 0 Å². The molecule has 2 fully saturated rings. The Bertz CT molecular complexity index is 857. The van der Waals surface area contributed by atoms with Crippen LogP contribution in [0.3, 0.4) is 0 Å². The molecule has 1 aromatic heterocycles. The molecule has 2 atom stereocenters. The molecule has 27 heavy (non-hydrogen) atoms. The van der Waals surface area contributed by atoms with Crippen molar-refractivity contribution in [1.29, 1.82) is 0 Å². The van der Waals surface area contributed by atoms with E-state index in [9.17, 15) is 9.59 Å². The number of methoxy groups -OCH3 is 1. The summed E-state index contributed by atoms with van der Waals surface area (Å²) in [7, 11) is 1.42. The van der Waals surface area contributed by atoms with Gasteiger partial charge in [-0.05, 0) is 29.9 Å². The predicted octanol–water partition coefficient (Wildman–Crippen LogP) is 2.13. The van der Waals surface area contributed by atoms with Crippen molar-refractivity contribution >= 4 is 22.9 Å². The lowest BCUT2D eigenvalue weighted by Gasteiger charge is -2.54. The molecule has 1 amide bonds. The van der Waals surface area contributed by atoms with Gasteiger partial charge in [-0.1, -0.05) is 26.0 Å². The van der Waals surface area contributed by atoms with E-state index in [4.69, 9.17) is 9.47 Å². The summed E-state index contributed by atoms with van der Waals surface area (Å²) in [6.07, 6.45) is 0.751. The highest BCUT2D eigenvalue weighted by molar-refractivity contribution is 5.84. The molecule has 1 aromatic carbocycles. The van der Waals surface area contributed by atoms with Crippen molar-refractivity contribution in [1.82, 2.24) is 14.9 Å². The Balaban J connectivity index is 1.35. The van der Waals surface area contributed by atoms with Gasteiger partial charge in [-0.25, -0.2) is 4.98 Å². The van der Waals surface area contributed by atoms with Gasteiger partial charge in [-0.15, -0.1) is 0 Å². The van der Waals surface area contributed by atoms with Crippen LogP contribution < -0.4 is 0 Å². The van der Waals surface area contributed by atoms with Crippen LogP contribution in [-0.2, 0) is 25.7 Å². The molecule has 0 unspecified atom stereocenters. The summed E-state index contributed by atoms with van der Waals surface area (Å²) in [5.41, 5.74) is 1.31.